The number of carbonyl (C=O) groups is 1. The minimum atomic E-state index is -0.536. The number of rotatable bonds is 10. The Balaban J connectivity index is 2.65. The topological polar surface area (TPSA) is 84.0 Å². The van der Waals surface area contributed by atoms with Gasteiger partial charge >= 0.3 is 0 Å². The number of aliphatic imine (C=N–C) groups is 1. The largest absolute Gasteiger partial charge is 0.493 e. The lowest BCUT2D eigenvalue weighted by molar-refractivity contribution is -0.128. The van der Waals surface area contributed by atoms with Gasteiger partial charge in [-0.1, -0.05) is 12.1 Å². The van der Waals surface area contributed by atoms with Crippen LogP contribution in [0.4, 0.5) is 0 Å². The Labute approximate surface area is 162 Å². The summed E-state index contributed by atoms with van der Waals surface area (Å²) in [4.78, 5) is 16.1. The zero-order valence-electron chi connectivity index (χ0n) is 17.4. The van der Waals surface area contributed by atoms with E-state index in [4.69, 9.17) is 9.47 Å². The molecule has 152 valence electrons. The number of benzene rings is 1. The molecule has 1 aromatic carbocycles. The molecule has 7 heteroatoms. The van der Waals surface area contributed by atoms with Crippen LogP contribution in [0.15, 0.2) is 23.2 Å². The molecule has 0 fully saturated rings. The maximum absolute atomic E-state index is 11.9. The summed E-state index contributed by atoms with van der Waals surface area (Å²) < 4.78 is 11.0. The first-order chi connectivity index (χ1) is 12.8. The van der Waals surface area contributed by atoms with Gasteiger partial charge in [0.1, 0.15) is 5.75 Å². The standard InChI is InChI=1S/C20H34N4O3/c1-15-8-9-16(17(12-15)27-11-7-10-26-6)13-23-19(22-5)24-14-20(2,3)18(25)21-4/h8-9,12H,7,10-11,13-14H2,1-6H3,(H,21,25)(H2,22,23,24). The van der Waals surface area contributed by atoms with Crippen LogP contribution in [0.5, 0.6) is 5.75 Å². The predicted octanol–water partition coefficient (Wildman–Crippen LogP) is 1.85. The molecule has 0 unspecified atom stereocenters. The fraction of sp³-hybridized carbons (Fsp3) is 0.600. The molecule has 0 aromatic heterocycles. The van der Waals surface area contributed by atoms with Crippen molar-refractivity contribution in [2.45, 2.75) is 33.7 Å². The van der Waals surface area contributed by atoms with Crippen molar-refractivity contribution in [2.24, 2.45) is 10.4 Å². The number of nitrogens with one attached hydrogen (secondary N) is 3. The van der Waals surface area contributed by atoms with Crippen LogP contribution in [0, 0.1) is 12.3 Å². The van der Waals surface area contributed by atoms with Gasteiger partial charge in [0.05, 0.1) is 12.0 Å². The summed E-state index contributed by atoms with van der Waals surface area (Å²) >= 11 is 0. The van der Waals surface area contributed by atoms with Crippen LogP contribution in [-0.4, -0.2) is 52.8 Å². The van der Waals surface area contributed by atoms with Crippen molar-refractivity contribution in [1.82, 2.24) is 16.0 Å². The first kappa shape index (κ1) is 22.8. The molecule has 1 aromatic rings. The fourth-order valence-electron chi connectivity index (χ4n) is 2.45. The second-order valence-electron chi connectivity index (χ2n) is 7.05. The van der Waals surface area contributed by atoms with Gasteiger partial charge in [-0.2, -0.15) is 0 Å². The molecule has 0 heterocycles. The summed E-state index contributed by atoms with van der Waals surface area (Å²) in [7, 11) is 5.04. The van der Waals surface area contributed by atoms with E-state index < -0.39 is 5.41 Å². The first-order valence-corrected chi connectivity index (χ1v) is 9.22. The Morgan fingerprint density at radius 2 is 1.96 bits per heavy atom. The van der Waals surface area contributed by atoms with E-state index in [9.17, 15) is 4.79 Å². The summed E-state index contributed by atoms with van der Waals surface area (Å²) in [6.07, 6.45) is 0.842. The zero-order valence-corrected chi connectivity index (χ0v) is 17.4. The smallest absolute Gasteiger partial charge is 0.227 e. The van der Waals surface area contributed by atoms with Crippen LogP contribution in [0.3, 0.4) is 0 Å². The van der Waals surface area contributed by atoms with Gasteiger partial charge in [0.2, 0.25) is 5.91 Å². The Morgan fingerprint density at radius 3 is 2.59 bits per heavy atom. The number of aryl methyl sites for hydroxylation is 1. The van der Waals surface area contributed by atoms with Crippen molar-refractivity contribution >= 4 is 11.9 Å². The Hall–Kier alpha value is -2.28. The maximum Gasteiger partial charge on any atom is 0.227 e. The molecule has 0 aliphatic carbocycles. The van der Waals surface area contributed by atoms with Crippen molar-refractivity contribution < 1.29 is 14.3 Å². The summed E-state index contributed by atoms with van der Waals surface area (Å²) in [5, 5.41) is 9.17. The molecule has 1 amide bonds. The van der Waals surface area contributed by atoms with Crippen molar-refractivity contribution in [3.8, 4) is 5.75 Å². The minimum Gasteiger partial charge on any atom is -0.493 e. The van der Waals surface area contributed by atoms with Crippen LogP contribution in [-0.2, 0) is 16.1 Å². The third-order valence-corrected chi connectivity index (χ3v) is 4.18. The molecular formula is C20H34N4O3. The van der Waals surface area contributed by atoms with E-state index in [1.54, 1.807) is 21.2 Å². The summed E-state index contributed by atoms with van der Waals surface area (Å²) in [6, 6.07) is 6.15. The predicted molar refractivity (Wildman–Crippen MR) is 109 cm³/mol. The van der Waals surface area contributed by atoms with Gasteiger partial charge in [0.15, 0.2) is 5.96 Å². The zero-order chi connectivity index (χ0) is 20.3. The van der Waals surface area contributed by atoms with E-state index in [0.717, 1.165) is 23.3 Å². The third-order valence-electron chi connectivity index (χ3n) is 4.18. The SMILES string of the molecule is CN=C(NCc1ccc(C)cc1OCCCOC)NCC(C)(C)C(=O)NC. The van der Waals surface area contributed by atoms with Gasteiger partial charge in [0.25, 0.3) is 0 Å². The fourth-order valence-corrected chi connectivity index (χ4v) is 2.45. The highest BCUT2D eigenvalue weighted by atomic mass is 16.5. The number of hydrogen-bond donors (Lipinski definition) is 3. The summed E-state index contributed by atoms with van der Waals surface area (Å²) in [5.41, 5.74) is 1.66. The van der Waals surface area contributed by atoms with Crippen molar-refractivity contribution in [2.75, 3.05) is 41.0 Å². The number of ether oxygens (including phenoxy) is 2. The quantitative estimate of drug-likeness (QED) is 0.329. The molecule has 0 aliphatic rings. The lowest BCUT2D eigenvalue weighted by Gasteiger charge is -2.24. The van der Waals surface area contributed by atoms with Crippen molar-refractivity contribution in [3.63, 3.8) is 0 Å². The van der Waals surface area contributed by atoms with Gasteiger partial charge in [0, 0.05) is 52.9 Å². The number of methoxy groups -OCH3 is 1. The van der Waals surface area contributed by atoms with Gasteiger partial charge < -0.3 is 25.4 Å². The highest BCUT2D eigenvalue weighted by Gasteiger charge is 2.26. The van der Waals surface area contributed by atoms with E-state index in [-0.39, 0.29) is 5.91 Å². The normalized spacial score (nSPS) is 11.9. The van der Waals surface area contributed by atoms with Crippen LogP contribution < -0.4 is 20.7 Å². The first-order valence-electron chi connectivity index (χ1n) is 9.22. The monoisotopic (exact) mass is 378 g/mol. The lowest BCUT2D eigenvalue weighted by Crippen LogP contribution is -2.47. The van der Waals surface area contributed by atoms with Gasteiger partial charge in [-0.05, 0) is 32.4 Å². The van der Waals surface area contributed by atoms with E-state index >= 15 is 0 Å². The van der Waals surface area contributed by atoms with E-state index in [1.807, 2.05) is 26.8 Å². The molecule has 0 saturated carbocycles. The molecular weight excluding hydrogens is 344 g/mol. The van der Waals surface area contributed by atoms with Crippen LogP contribution in [0.25, 0.3) is 0 Å². The molecule has 7 nitrogen and oxygen atoms in total. The summed E-state index contributed by atoms with van der Waals surface area (Å²) in [6.45, 7) is 8.14. The molecule has 27 heavy (non-hydrogen) atoms. The van der Waals surface area contributed by atoms with Crippen LogP contribution in [0.2, 0.25) is 0 Å². The molecule has 0 radical (unpaired) electrons. The van der Waals surface area contributed by atoms with E-state index in [0.29, 0.717) is 32.3 Å². The average Bonchev–Trinajstić information content (AvgIpc) is 2.65. The molecule has 0 aliphatic heterocycles. The van der Waals surface area contributed by atoms with E-state index in [1.165, 1.54) is 0 Å². The van der Waals surface area contributed by atoms with Crippen LogP contribution in [0.1, 0.15) is 31.4 Å². The average molecular weight is 379 g/mol. The third kappa shape index (κ3) is 7.86. The minimum absolute atomic E-state index is 0.0178. The van der Waals surface area contributed by atoms with Crippen molar-refractivity contribution in [3.05, 3.63) is 29.3 Å². The van der Waals surface area contributed by atoms with Gasteiger partial charge in [-0.3, -0.25) is 9.79 Å². The second kappa shape index (κ2) is 11.4. The second-order valence-corrected chi connectivity index (χ2v) is 7.05. The highest BCUT2D eigenvalue weighted by Crippen LogP contribution is 2.20. The Morgan fingerprint density at radius 1 is 1.22 bits per heavy atom. The highest BCUT2D eigenvalue weighted by molar-refractivity contribution is 5.84. The van der Waals surface area contributed by atoms with E-state index in [2.05, 4.69) is 33.1 Å². The molecule has 0 atom stereocenters. The number of carbonyl (C=O) groups excluding carboxylic acids is 1. The molecule has 0 bridgehead atoms. The molecule has 3 N–H and O–H groups in total. The molecule has 0 saturated heterocycles. The number of hydrogen-bond acceptors (Lipinski definition) is 4. The molecule has 1 rings (SSSR count). The molecule has 0 spiro atoms. The summed E-state index contributed by atoms with van der Waals surface area (Å²) in [5.74, 6) is 1.48. The number of guanidine groups is 1. The Bertz CT molecular complexity index is 630. The van der Waals surface area contributed by atoms with Crippen molar-refractivity contribution in [1.29, 1.82) is 0 Å². The van der Waals surface area contributed by atoms with Crippen LogP contribution >= 0.6 is 0 Å². The van der Waals surface area contributed by atoms with Gasteiger partial charge in [-0.15, -0.1) is 0 Å². The van der Waals surface area contributed by atoms with Gasteiger partial charge in [-0.25, -0.2) is 0 Å². The lowest BCUT2D eigenvalue weighted by atomic mass is 9.92. The Kier molecular flexibility index (Phi) is 9.64. The number of nitrogens with zero attached hydrogens (tertiary/aromatic N) is 1. The maximum atomic E-state index is 11.9. The number of amides is 1.